The van der Waals surface area contributed by atoms with Gasteiger partial charge in [0.15, 0.2) is 11.9 Å². The van der Waals surface area contributed by atoms with Crippen LogP contribution in [0.15, 0.2) is 54.6 Å². The SMILES string of the molecule is Cc1nn(-c2ccccc2)c2nc(Cl)c(C=O)c(-c3ccc([N+](=O)[O-])cc3)c12. The number of hydrogen-bond donors (Lipinski definition) is 0. The lowest BCUT2D eigenvalue weighted by molar-refractivity contribution is -0.384. The van der Waals surface area contributed by atoms with Gasteiger partial charge in [0.2, 0.25) is 0 Å². The van der Waals surface area contributed by atoms with Crippen molar-refractivity contribution in [1.29, 1.82) is 0 Å². The molecule has 0 unspecified atom stereocenters. The van der Waals surface area contributed by atoms with Crippen LogP contribution in [-0.4, -0.2) is 26.0 Å². The molecule has 0 saturated carbocycles. The summed E-state index contributed by atoms with van der Waals surface area (Å²) in [5.74, 6) is 0. The van der Waals surface area contributed by atoms with Crippen LogP contribution in [0.4, 0.5) is 5.69 Å². The second-order valence-corrected chi connectivity index (χ2v) is 6.50. The number of nitro groups is 1. The summed E-state index contributed by atoms with van der Waals surface area (Å²) in [6, 6.07) is 15.4. The predicted molar refractivity (Wildman–Crippen MR) is 106 cm³/mol. The summed E-state index contributed by atoms with van der Waals surface area (Å²) in [4.78, 5) is 26.7. The number of nitro benzene ring substituents is 1. The number of carbonyl (C=O) groups is 1. The number of aryl methyl sites for hydroxylation is 1. The lowest BCUT2D eigenvalue weighted by atomic mass is 9.97. The quantitative estimate of drug-likeness (QED) is 0.216. The number of fused-ring (bicyclic) bond motifs is 1. The average Bonchev–Trinajstić information content (AvgIpc) is 3.03. The van der Waals surface area contributed by atoms with Crippen LogP contribution in [0.25, 0.3) is 27.8 Å². The zero-order chi connectivity index (χ0) is 19.8. The van der Waals surface area contributed by atoms with E-state index in [4.69, 9.17) is 11.6 Å². The molecule has 138 valence electrons. The molecule has 0 spiro atoms. The van der Waals surface area contributed by atoms with Crippen LogP contribution in [0, 0.1) is 17.0 Å². The van der Waals surface area contributed by atoms with Crippen LogP contribution in [0.1, 0.15) is 16.1 Å². The van der Waals surface area contributed by atoms with E-state index in [0.29, 0.717) is 34.1 Å². The molecule has 0 bridgehead atoms. The van der Waals surface area contributed by atoms with Crippen molar-refractivity contribution in [2.75, 3.05) is 0 Å². The minimum atomic E-state index is -0.474. The Morgan fingerprint density at radius 1 is 1.11 bits per heavy atom. The van der Waals surface area contributed by atoms with Crippen molar-refractivity contribution in [2.24, 2.45) is 0 Å². The molecule has 0 aliphatic heterocycles. The highest BCUT2D eigenvalue weighted by atomic mass is 35.5. The summed E-state index contributed by atoms with van der Waals surface area (Å²) in [5, 5.41) is 16.3. The first-order chi connectivity index (χ1) is 13.5. The summed E-state index contributed by atoms with van der Waals surface area (Å²) >= 11 is 6.32. The fourth-order valence-corrected chi connectivity index (χ4v) is 3.43. The van der Waals surface area contributed by atoms with E-state index in [9.17, 15) is 14.9 Å². The van der Waals surface area contributed by atoms with E-state index in [1.165, 1.54) is 12.1 Å². The molecule has 4 aromatic rings. The van der Waals surface area contributed by atoms with E-state index in [1.807, 2.05) is 37.3 Å². The van der Waals surface area contributed by atoms with Gasteiger partial charge in [-0.05, 0) is 36.8 Å². The summed E-state index contributed by atoms with van der Waals surface area (Å²) < 4.78 is 1.67. The van der Waals surface area contributed by atoms with Crippen molar-refractivity contribution in [1.82, 2.24) is 14.8 Å². The van der Waals surface area contributed by atoms with Crippen LogP contribution < -0.4 is 0 Å². The molecule has 0 amide bonds. The number of halogens is 1. The number of aromatic nitrogens is 3. The Morgan fingerprint density at radius 2 is 1.79 bits per heavy atom. The van der Waals surface area contributed by atoms with Crippen LogP contribution in [0.5, 0.6) is 0 Å². The normalized spacial score (nSPS) is 10.9. The highest BCUT2D eigenvalue weighted by Crippen LogP contribution is 2.37. The second-order valence-electron chi connectivity index (χ2n) is 6.14. The lowest BCUT2D eigenvalue weighted by Gasteiger charge is -2.10. The van der Waals surface area contributed by atoms with E-state index in [0.717, 1.165) is 5.69 Å². The third kappa shape index (κ3) is 2.82. The maximum Gasteiger partial charge on any atom is 0.269 e. The Labute approximate surface area is 164 Å². The first-order valence-corrected chi connectivity index (χ1v) is 8.73. The van der Waals surface area contributed by atoms with Gasteiger partial charge >= 0.3 is 0 Å². The van der Waals surface area contributed by atoms with Gasteiger partial charge in [-0.3, -0.25) is 14.9 Å². The first kappa shape index (κ1) is 17.8. The molecule has 8 heteroatoms. The van der Waals surface area contributed by atoms with Crippen molar-refractivity contribution in [3.63, 3.8) is 0 Å². The molecule has 2 aromatic carbocycles. The van der Waals surface area contributed by atoms with Crippen LogP contribution in [0.2, 0.25) is 5.15 Å². The van der Waals surface area contributed by atoms with Gasteiger partial charge < -0.3 is 0 Å². The molecular weight excluding hydrogens is 380 g/mol. The molecule has 0 atom stereocenters. The Balaban J connectivity index is 2.06. The van der Waals surface area contributed by atoms with Crippen molar-refractivity contribution in [2.45, 2.75) is 6.92 Å². The molecule has 0 N–H and O–H groups in total. The van der Waals surface area contributed by atoms with Gasteiger partial charge in [0, 0.05) is 17.7 Å². The number of aldehydes is 1. The van der Waals surface area contributed by atoms with Gasteiger partial charge in [0.25, 0.3) is 5.69 Å². The topological polar surface area (TPSA) is 90.9 Å². The largest absolute Gasteiger partial charge is 0.298 e. The van der Waals surface area contributed by atoms with Gasteiger partial charge in [-0.15, -0.1) is 0 Å². The van der Waals surface area contributed by atoms with Crippen LogP contribution in [0.3, 0.4) is 0 Å². The number of hydrogen-bond acceptors (Lipinski definition) is 5. The Hall–Kier alpha value is -3.58. The number of benzene rings is 2. The number of non-ortho nitro benzene ring substituents is 1. The number of carbonyl (C=O) groups excluding carboxylic acids is 1. The molecule has 7 nitrogen and oxygen atoms in total. The molecule has 0 fully saturated rings. The lowest BCUT2D eigenvalue weighted by Crippen LogP contribution is -2.00. The van der Waals surface area contributed by atoms with E-state index >= 15 is 0 Å². The van der Waals surface area contributed by atoms with E-state index in [1.54, 1.807) is 16.8 Å². The smallest absolute Gasteiger partial charge is 0.269 e. The van der Waals surface area contributed by atoms with E-state index in [-0.39, 0.29) is 16.4 Å². The summed E-state index contributed by atoms with van der Waals surface area (Å²) in [5.41, 5.74) is 3.34. The monoisotopic (exact) mass is 392 g/mol. The maximum absolute atomic E-state index is 11.8. The van der Waals surface area contributed by atoms with Crippen molar-refractivity contribution >= 4 is 34.6 Å². The Morgan fingerprint density at radius 3 is 2.39 bits per heavy atom. The zero-order valence-electron chi connectivity index (χ0n) is 14.7. The minimum Gasteiger partial charge on any atom is -0.298 e. The molecular formula is C20H13ClN4O3. The highest BCUT2D eigenvalue weighted by molar-refractivity contribution is 6.33. The highest BCUT2D eigenvalue weighted by Gasteiger charge is 2.22. The zero-order valence-corrected chi connectivity index (χ0v) is 15.4. The molecule has 28 heavy (non-hydrogen) atoms. The number of nitrogens with zero attached hydrogens (tertiary/aromatic N) is 4. The molecule has 4 rings (SSSR count). The summed E-state index contributed by atoms with van der Waals surface area (Å²) in [7, 11) is 0. The fraction of sp³-hybridized carbons (Fsp3) is 0.0500. The number of rotatable bonds is 4. The van der Waals surface area contributed by atoms with Gasteiger partial charge in [0.05, 0.1) is 27.3 Å². The molecule has 0 radical (unpaired) electrons. The maximum atomic E-state index is 11.8. The number of pyridine rings is 1. The third-order valence-electron chi connectivity index (χ3n) is 4.47. The van der Waals surface area contributed by atoms with Crippen LogP contribution in [-0.2, 0) is 0 Å². The van der Waals surface area contributed by atoms with Gasteiger partial charge in [0.1, 0.15) is 5.15 Å². The molecule has 2 heterocycles. The standard InChI is InChI=1S/C20H13ClN4O3/c1-12-17-18(13-7-9-15(10-8-13)25(27)28)16(11-26)19(21)22-20(17)24(23-12)14-5-3-2-4-6-14/h2-11H,1H3. The van der Waals surface area contributed by atoms with Gasteiger partial charge in [-0.1, -0.05) is 29.8 Å². The number of para-hydroxylation sites is 1. The molecule has 0 aliphatic carbocycles. The van der Waals surface area contributed by atoms with E-state index in [2.05, 4.69) is 10.1 Å². The van der Waals surface area contributed by atoms with Crippen molar-refractivity contribution in [3.05, 3.63) is 81.1 Å². The second kappa shape index (κ2) is 6.86. The fourth-order valence-electron chi connectivity index (χ4n) is 3.21. The molecule has 2 aromatic heterocycles. The van der Waals surface area contributed by atoms with Gasteiger partial charge in [-0.2, -0.15) is 5.10 Å². The Kier molecular flexibility index (Phi) is 4.37. The predicted octanol–water partition coefficient (Wildman–Crippen LogP) is 4.77. The molecule has 0 saturated heterocycles. The first-order valence-electron chi connectivity index (χ1n) is 8.35. The van der Waals surface area contributed by atoms with E-state index < -0.39 is 4.92 Å². The summed E-state index contributed by atoms with van der Waals surface area (Å²) in [6.45, 7) is 1.82. The minimum absolute atomic E-state index is 0.0375. The average molecular weight is 393 g/mol. The van der Waals surface area contributed by atoms with Crippen molar-refractivity contribution < 1.29 is 9.72 Å². The van der Waals surface area contributed by atoms with Gasteiger partial charge in [-0.25, -0.2) is 9.67 Å². The van der Waals surface area contributed by atoms with Crippen molar-refractivity contribution in [3.8, 4) is 16.8 Å². The Bertz CT molecular complexity index is 1220. The molecule has 0 aliphatic rings. The third-order valence-corrected chi connectivity index (χ3v) is 4.76. The van der Waals surface area contributed by atoms with Crippen LogP contribution >= 0.6 is 11.6 Å². The summed E-state index contributed by atoms with van der Waals surface area (Å²) in [6.07, 6.45) is 0.644.